The Morgan fingerprint density at radius 2 is 1.14 bits per heavy atom. The van der Waals surface area contributed by atoms with Gasteiger partial charge in [0, 0.05) is 114 Å². The molecule has 6 heterocycles. The number of fused-ring (bicyclic) bond motifs is 4. The van der Waals surface area contributed by atoms with E-state index in [-0.39, 0.29) is 195 Å². The number of anilines is 2. The maximum atomic E-state index is 11.5. The Morgan fingerprint density at radius 3 is 1.60 bits per heavy atom. The number of aromatic nitrogens is 2. The monoisotopic (exact) mass is 1250 g/mol. The van der Waals surface area contributed by atoms with Crippen LogP contribution in [-0.2, 0) is 9.68 Å². The van der Waals surface area contributed by atoms with Gasteiger partial charge in [0.05, 0.1) is 29.7 Å². The minimum absolute atomic E-state index is 0. The summed E-state index contributed by atoms with van der Waals surface area (Å²) in [5.74, 6) is 2.21. The van der Waals surface area contributed by atoms with E-state index in [0.29, 0.717) is 43.3 Å². The Labute approximate surface area is 578 Å². The second kappa shape index (κ2) is 38.8. The Morgan fingerprint density at radius 1 is 0.685 bits per heavy atom. The van der Waals surface area contributed by atoms with Crippen LogP contribution in [-0.4, -0.2) is 99.3 Å². The van der Waals surface area contributed by atoms with Crippen LogP contribution in [0.1, 0.15) is 40.0 Å². The number of halogens is 3. The van der Waals surface area contributed by atoms with E-state index in [4.69, 9.17) is 36.6 Å². The third-order valence-corrected chi connectivity index (χ3v) is 13.1. The Bertz CT molecular complexity index is 3160. The van der Waals surface area contributed by atoms with Crippen molar-refractivity contribution in [2.45, 2.75) is 33.1 Å². The molecule has 2 saturated heterocycles. The molecule has 4 aromatic heterocycles. The number of hydrogen-bond donors (Lipinski definition) is 3. The van der Waals surface area contributed by atoms with Crippen LogP contribution in [0.25, 0.3) is 42.0 Å². The number of ether oxygens (including phenoxy) is 2. The molecule has 4 aromatic carbocycles. The predicted octanol–water partition coefficient (Wildman–Crippen LogP) is -2.42. The summed E-state index contributed by atoms with van der Waals surface area (Å²) in [4.78, 5) is 46.6. The summed E-state index contributed by atoms with van der Waals surface area (Å²) >= 11 is 8.75. The Hall–Kier alpha value is -0.647. The average Bonchev–Trinajstić information content (AvgIpc) is 4.08. The summed E-state index contributed by atoms with van der Waals surface area (Å²) in [7, 11) is 0. The number of thiophene rings is 2. The number of benzene rings is 4. The van der Waals surface area contributed by atoms with Crippen LogP contribution in [0.5, 0.6) is 11.5 Å². The largest absolute Gasteiger partial charge is 1.00 e. The molecule has 0 aliphatic carbocycles. The molecule has 0 unspecified atom stereocenters. The van der Waals surface area contributed by atoms with E-state index in [1.54, 1.807) is 40.9 Å². The van der Waals surface area contributed by atoms with Crippen LogP contribution in [0.4, 0.5) is 11.4 Å². The quantitative estimate of drug-likeness (QED) is 0.0203. The van der Waals surface area contributed by atoms with Gasteiger partial charge in [-0.3, -0.25) is 19.3 Å². The van der Waals surface area contributed by atoms with Crippen molar-refractivity contribution in [1.29, 1.82) is 0 Å². The molecule has 0 amide bonds. The number of aromatic amines is 2. The van der Waals surface area contributed by atoms with Crippen LogP contribution >= 0.6 is 46.7 Å². The number of piperazine rings is 2. The fourth-order valence-electron chi connectivity index (χ4n) is 7.77. The molecule has 21 heteroatoms. The minimum Gasteiger partial charge on any atom is -1.00 e. The minimum atomic E-state index is -0.181. The molecule has 0 radical (unpaired) electrons. The average molecular weight is 1250 g/mol. The zero-order valence-electron chi connectivity index (χ0n) is 45.8. The van der Waals surface area contributed by atoms with Gasteiger partial charge < -0.3 is 70.1 Å². The Kier molecular flexibility index (Phi) is 33.6. The normalized spacial score (nSPS) is 13.5. The van der Waals surface area contributed by atoms with Crippen LogP contribution in [0.15, 0.2) is 129 Å². The molecule has 13 nitrogen and oxygen atoms in total. The van der Waals surface area contributed by atoms with Crippen molar-refractivity contribution < 1.29 is 188 Å². The number of nitrogens with one attached hydrogen (secondary N) is 3. The third-order valence-electron chi connectivity index (χ3n) is 11.2. The fourth-order valence-corrected chi connectivity index (χ4v) is 9.48. The first-order valence-corrected chi connectivity index (χ1v) is 24.5. The number of hydrogen-bond acceptors (Lipinski definition) is 13. The van der Waals surface area contributed by atoms with Gasteiger partial charge in [-0.15, -0.1) is 46.7 Å². The first-order chi connectivity index (χ1) is 34.6. The molecule has 8 aromatic rings. The van der Waals surface area contributed by atoms with Gasteiger partial charge in [-0.2, -0.15) is 0 Å². The summed E-state index contributed by atoms with van der Waals surface area (Å²) < 4.78 is 45.9. The van der Waals surface area contributed by atoms with Gasteiger partial charge in [-0.05, 0) is 126 Å². The maximum Gasteiger partial charge on any atom is 1.00 e. The summed E-state index contributed by atoms with van der Waals surface area (Å²) in [6.45, 7) is 9.73. The van der Waals surface area contributed by atoms with Crippen molar-refractivity contribution >= 4 is 107 Å². The van der Waals surface area contributed by atoms with Crippen LogP contribution in [0, 0.1) is 0 Å². The van der Waals surface area contributed by atoms with Crippen molar-refractivity contribution in [3.63, 3.8) is 0 Å². The number of H-pyrrole nitrogens is 2. The van der Waals surface area contributed by atoms with Gasteiger partial charge in [-0.1, -0.05) is 19.6 Å². The van der Waals surface area contributed by atoms with E-state index in [2.05, 4.69) is 34.9 Å². The number of unbranched alkanes of at least 4 members (excludes halogenated alkanes) is 2. The number of carbonyl (C=O) groups excluding carboxylic acids is 1. The molecule has 3 N–H and O–H groups in total. The molecule has 378 valence electrons. The van der Waals surface area contributed by atoms with Gasteiger partial charge in [-0.25, -0.2) is 0 Å². The zero-order valence-corrected chi connectivity index (χ0v) is 54.4. The second-order valence-corrected chi connectivity index (χ2v) is 17.8. The van der Waals surface area contributed by atoms with Crippen molar-refractivity contribution in [3.8, 4) is 11.5 Å². The van der Waals surface area contributed by atoms with Crippen molar-refractivity contribution in [2.24, 2.45) is 0 Å². The third kappa shape index (κ3) is 22.2. The molecule has 10 rings (SSSR count). The van der Waals surface area contributed by atoms with E-state index in [1.807, 2.05) is 65.4 Å². The molecule has 0 saturated carbocycles. The van der Waals surface area contributed by atoms with Crippen molar-refractivity contribution in [1.82, 2.24) is 20.2 Å². The van der Waals surface area contributed by atoms with Crippen molar-refractivity contribution in [2.75, 3.05) is 87.8 Å². The van der Waals surface area contributed by atoms with Crippen LogP contribution in [0.3, 0.4) is 0 Å². The van der Waals surface area contributed by atoms with E-state index >= 15 is 0 Å². The molecule has 2 fully saturated rings. The first kappa shape index (κ1) is 63.2. The van der Waals surface area contributed by atoms with Crippen LogP contribution < -0.4 is 197 Å². The molecule has 2 aliphatic rings. The summed E-state index contributed by atoms with van der Waals surface area (Å²) in [6.07, 6.45) is 3.93. The zero-order chi connectivity index (χ0) is 50.1. The number of alkyl halides is 1. The predicted molar refractivity (Wildman–Crippen MR) is 289 cm³/mol. The van der Waals surface area contributed by atoms with Gasteiger partial charge in [0.25, 0.3) is 6.47 Å². The standard InChI is InChI=1S/C25H27N3O2S.C13H14ClNO2.C12H14N2S.CH2O3.CH4.ClH.HI.2K.Na.H/c29-25-9-7-19-6-8-20(18-22(19)26-25)30-16-2-1-11-27-12-14-28(15-13-27)23-4-3-5-24-21(23)10-17-31-24;14-7-1-2-8-17-11-5-3-10-4-6-13(16)15-12(10)9-11;1-2-11(14-7-5-13-6-8-14)10-4-9-15-12(10)3-1;2-1-4-3;;;;;;;/h3-10,17-18H,1-2,11-16H2,(H,26,29);3-6,9H,1-2,7-8H2,(H,15,16);1-4,9,13H,5-8H2;1,3H;1H4;2*1H;;;;/q;;;;;;;3*+1;-1/p-2/i4D,5D;;2D,3D;;;;;;;;. The first-order valence-electron chi connectivity index (χ1n) is 24.2. The maximum absolute atomic E-state index is 11.5. The fraction of sp³-hybridized carbons (Fsp3) is 0.327. The molecular formula is C52H62Cl2IK2N6NaO7S2. The molecule has 73 heavy (non-hydrogen) atoms. The van der Waals surface area contributed by atoms with Gasteiger partial charge in [0.2, 0.25) is 11.1 Å². The molecule has 0 bridgehead atoms. The molecule has 2 aliphatic heterocycles. The van der Waals surface area contributed by atoms with E-state index < -0.39 is 0 Å². The van der Waals surface area contributed by atoms with Gasteiger partial charge in [0.15, 0.2) is 0 Å². The summed E-state index contributed by atoms with van der Waals surface area (Å²) in [5.41, 5.74) is 3.37. The van der Waals surface area contributed by atoms with E-state index in [9.17, 15) is 9.59 Å². The summed E-state index contributed by atoms with van der Waals surface area (Å²) in [6, 6.07) is 27.4. The number of rotatable bonds is 14. The molecule has 0 spiro atoms. The van der Waals surface area contributed by atoms with Crippen molar-refractivity contribution in [3.05, 3.63) is 141 Å². The topological polar surface area (TPSA) is 155 Å². The SMILES string of the molecule is C.Cl.O=CO[O-].O=c1ccc2ccc(OCCCCCl)cc2[nH]1.[2H]c1cc([2H])c2sccc2c1N1CCN(CCCCOc2ccc3ccc(=O)[nH]c3c2)CC1.[2H]c1cc([2H])c2sccc2c1N1CCNCC1.[H-].[I-].[K+].[K+].[Na+]. The van der Waals surface area contributed by atoms with Gasteiger partial charge in [0.1, 0.15) is 11.5 Å². The van der Waals surface area contributed by atoms with E-state index in [1.165, 1.54) is 12.1 Å². The van der Waals surface area contributed by atoms with E-state index in [0.717, 1.165) is 149 Å². The van der Waals surface area contributed by atoms with Gasteiger partial charge >= 0.3 is 132 Å². The summed E-state index contributed by atoms with van der Waals surface area (Å²) in [5, 5.41) is 19.9. The van der Waals surface area contributed by atoms with Crippen LogP contribution in [0.2, 0.25) is 0 Å². The molecule has 0 atom stereocenters. The smallest absolute Gasteiger partial charge is 1.00 e. The second-order valence-electron chi connectivity index (χ2n) is 15.6. The Balaban J connectivity index is 0.00000113. The number of carbonyl (C=O) groups is 1. The number of pyridine rings is 2. The number of nitrogens with zero attached hydrogens (tertiary/aromatic N) is 3. The molecular weight excluding hydrogens is 1180 g/mol.